The van der Waals surface area contributed by atoms with E-state index in [0.717, 1.165) is 28.2 Å². The molecule has 4 saturated carbocycles. The van der Waals surface area contributed by atoms with E-state index in [9.17, 15) is 14.4 Å². The Balaban J connectivity index is 1.10. The van der Waals surface area contributed by atoms with Crippen LogP contribution in [-0.2, 0) is 21.6 Å². The van der Waals surface area contributed by atoms with Crippen LogP contribution in [0.5, 0.6) is 11.5 Å². The Hall–Kier alpha value is -4.39. The molecule has 4 aliphatic carbocycles. The minimum atomic E-state index is -0.743. The predicted molar refractivity (Wildman–Crippen MR) is 164 cm³/mol. The van der Waals surface area contributed by atoms with Crippen molar-refractivity contribution in [3.8, 4) is 11.5 Å². The maximum atomic E-state index is 13.6. The van der Waals surface area contributed by atoms with E-state index in [1.165, 1.54) is 62.8 Å². The average Bonchev–Trinajstić information content (AvgIpc) is 2.99. The quantitative estimate of drug-likeness (QED) is 0.249. The van der Waals surface area contributed by atoms with Crippen LogP contribution in [0.4, 0.5) is 10.5 Å². The molecule has 1 aliphatic heterocycles. The van der Waals surface area contributed by atoms with Gasteiger partial charge in [-0.1, -0.05) is 48.0 Å². The number of aryl methyl sites for hydroxylation is 1. The fraction of sp³-hybridized carbons (Fsp3) is 0.361. The molecule has 0 atom stereocenters. The van der Waals surface area contributed by atoms with Gasteiger partial charge in [-0.3, -0.25) is 14.9 Å². The summed E-state index contributed by atoms with van der Waals surface area (Å²) >= 11 is 0. The molecule has 3 aromatic rings. The van der Waals surface area contributed by atoms with E-state index in [1.54, 1.807) is 18.2 Å². The van der Waals surface area contributed by atoms with E-state index < -0.39 is 17.8 Å². The van der Waals surface area contributed by atoms with Gasteiger partial charge in [-0.15, -0.1) is 0 Å². The van der Waals surface area contributed by atoms with Crippen LogP contribution < -0.4 is 19.7 Å². The number of benzene rings is 3. The molecule has 4 bridgehead atoms. The Morgan fingerprint density at radius 3 is 2.14 bits per heavy atom. The second-order valence-electron chi connectivity index (χ2n) is 12.9. The van der Waals surface area contributed by atoms with Crippen molar-refractivity contribution in [3.05, 3.63) is 94.6 Å². The summed E-state index contributed by atoms with van der Waals surface area (Å²) in [5.41, 5.74) is 4.63. The third kappa shape index (κ3) is 5.11. The molecule has 8 rings (SSSR count). The van der Waals surface area contributed by atoms with Crippen molar-refractivity contribution in [2.24, 2.45) is 17.8 Å². The molecule has 1 heterocycles. The third-order valence-corrected chi connectivity index (χ3v) is 9.89. The maximum Gasteiger partial charge on any atom is 0.335 e. The first-order chi connectivity index (χ1) is 20.8. The number of imide groups is 2. The molecule has 0 radical (unpaired) electrons. The standard InChI is InChI=1S/C36H36N2O5/c1-22-3-5-23(6-4-22)21-43-31-12-7-24(17-32(31)42-2)16-30-33(39)37-35(41)38(34(30)40)29-10-8-28(9-11-29)36-18-25-13-26(19-36)15-27(14-25)20-36/h3-12,16-17,25-27H,13-15,18-21H2,1-2H3,(H,37,39,41)/b30-16+. The van der Waals surface area contributed by atoms with E-state index in [4.69, 9.17) is 9.47 Å². The van der Waals surface area contributed by atoms with Crippen LogP contribution in [0.25, 0.3) is 6.08 Å². The zero-order valence-corrected chi connectivity index (χ0v) is 24.6. The molecule has 1 saturated heterocycles. The summed E-state index contributed by atoms with van der Waals surface area (Å²) in [7, 11) is 1.54. The van der Waals surface area contributed by atoms with Gasteiger partial charge in [0, 0.05) is 0 Å². The largest absolute Gasteiger partial charge is 0.493 e. The van der Waals surface area contributed by atoms with Gasteiger partial charge in [0.2, 0.25) is 0 Å². The molecule has 5 aliphatic rings. The second kappa shape index (κ2) is 10.7. The lowest BCUT2D eigenvalue weighted by Gasteiger charge is -2.57. The van der Waals surface area contributed by atoms with Crippen LogP contribution in [0, 0.1) is 24.7 Å². The van der Waals surface area contributed by atoms with Gasteiger partial charge in [-0.2, -0.15) is 0 Å². The Morgan fingerprint density at radius 1 is 0.860 bits per heavy atom. The number of hydrogen-bond acceptors (Lipinski definition) is 5. The normalized spacial score (nSPS) is 27.0. The number of methoxy groups -OCH3 is 1. The summed E-state index contributed by atoms with van der Waals surface area (Å²) in [6.45, 7) is 2.41. The molecule has 5 fully saturated rings. The summed E-state index contributed by atoms with van der Waals surface area (Å²) in [6, 6.07) is 20.4. The number of hydrogen-bond donors (Lipinski definition) is 1. The summed E-state index contributed by atoms with van der Waals surface area (Å²) in [4.78, 5) is 40.3. The molecule has 7 heteroatoms. The first-order valence-corrected chi connectivity index (χ1v) is 15.2. The van der Waals surface area contributed by atoms with Crippen molar-refractivity contribution in [2.45, 2.75) is 57.5 Å². The number of anilines is 1. The van der Waals surface area contributed by atoms with Gasteiger partial charge in [-0.05, 0) is 116 Å². The first kappa shape index (κ1) is 27.4. The summed E-state index contributed by atoms with van der Waals surface area (Å²) in [5, 5.41) is 2.34. The maximum absolute atomic E-state index is 13.6. The van der Waals surface area contributed by atoms with Crippen molar-refractivity contribution in [2.75, 3.05) is 12.0 Å². The highest BCUT2D eigenvalue weighted by molar-refractivity contribution is 6.39. The van der Waals surface area contributed by atoms with Gasteiger partial charge in [0.25, 0.3) is 11.8 Å². The number of ether oxygens (including phenoxy) is 2. The van der Waals surface area contributed by atoms with Crippen LogP contribution in [0.3, 0.4) is 0 Å². The summed E-state index contributed by atoms with van der Waals surface area (Å²) in [6.07, 6.45) is 9.31. The molecule has 0 aromatic heterocycles. The molecule has 0 unspecified atom stereocenters. The van der Waals surface area contributed by atoms with E-state index in [0.29, 0.717) is 29.4 Å². The Kier molecular flexibility index (Phi) is 6.83. The van der Waals surface area contributed by atoms with E-state index in [1.807, 2.05) is 43.3 Å². The molecule has 43 heavy (non-hydrogen) atoms. The van der Waals surface area contributed by atoms with Crippen molar-refractivity contribution >= 4 is 29.6 Å². The molecular formula is C36H36N2O5. The van der Waals surface area contributed by atoms with Gasteiger partial charge < -0.3 is 9.47 Å². The zero-order chi connectivity index (χ0) is 29.7. The smallest absolute Gasteiger partial charge is 0.335 e. The topological polar surface area (TPSA) is 84.9 Å². The van der Waals surface area contributed by atoms with Crippen molar-refractivity contribution < 1.29 is 23.9 Å². The van der Waals surface area contributed by atoms with Crippen LogP contribution in [-0.4, -0.2) is 25.0 Å². The van der Waals surface area contributed by atoms with Crippen LogP contribution in [0.15, 0.2) is 72.3 Å². The predicted octanol–water partition coefficient (Wildman–Crippen LogP) is 6.72. The first-order valence-electron chi connectivity index (χ1n) is 15.2. The molecule has 0 spiro atoms. The molecule has 220 valence electrons. The van der Waals surface area contributed by atoms with Crippen LogP contribution in [0.1, 0.15) is 60.8 Å². The van der Waals surface area contributed by atoms with Crippen molar-refractivity contribution in [3.63, 3.8) is 0 Å². The molecular weight excluding hydrogens is 540 g/mol. The van der Waals surface area contributed by atoms with Gasteiger partial charge >= 0.3 is 6.03 Å². The number of barbiturate groups is 1. The fourth-order valence-corrected chi connectivity index (χ4v) is 8.23. The number of nitrogens with zero attached hydrogens (tertiary/aromatic N) is 1. The van der Waals surface area contributed by atoms with E-state index in [-0.39, 0.29) is 11.0 Å². The highest BCUT2D eigenvalue weighted by Crippen LogP contribution is 2.60. The number of nitrogens with one attached hydrogen (secondary N) is 1. The van der Waals surface area contributed by atoms with Gasteiger partial charge in [0.05, 0.1) is 12.8 Å². The van der Waals surface area contributed by atoms with Crippen LogP contribution in [0.2, 0.25) is 0 Å². The van der Waals surface area contributed by atoms with Crippen LogP contribution >= 0.6 is 0 Å². The molecule has 4 amide bonds. The summed E-state index contributed by atoms with van der Waals surface area (Å²) in [5.74, 6) is 2.11. The molecule has 1 N–H and O–H groups in total. The molecule has 7 nitrogen and oxygen atoms in total. The fourth-order valence-electron chi connectivity index (χ4n) is 8.23. The van der Waals surface area contributed by atoms with E-state index >= 15 is 0 Å². The number of urea groups is 1. The molecule has 3 aromatic carbocycles. The van der Waals surface area contributed by atoms with Crippen molar-refractivity contribution in [1.82, 2.24) is 5.32 Å². The number of carbonyl (C=O) groups is 3. The number of carbonyl (C=O) groups excluding carboxylic acids is 3. The SMILES string of the molecule is COc1cc(/C=C2\C(=O)NC(=O)N(c3ccc(C45CC6CC(CC(C6)C4)C5)cc3)C2=O)ccc1OCc1ccc(C)cc1. The third-order valence-electron chi connectivity index (χ3n) is 9.89. The number of amides is 4. The average molecular weight is 577 g/mol. The Morgan fingerprint density at radius 2 is 1.51 bits per heavy atom. The summed E-state index contributed by atoms with van der Waals surface area (Å²) < 4.78 is 11.5. The lowest BCUT2D eigenvalue weighted by Crippen LogP contribution is -2.54. The highest BCUT2D eigenvalue weighted by Gasteiger charge is 2.51. The van der Waals surface area contributed by atoms with Gasteiger partial charge in [0.1, 0.15) is 12.2 Å². The number of rotatable bonds is 7. The van der Waals surface area contributed by atoms with Crippen molar-refractivity contribution in [1.29, 1.82) is 0 Å². The minimum Gasteiger partial charge on any atom is -0.493 e. The monoisotopic (exact) mass is 576 g/mol. The lowest BCUT2D eigenvalue weighted by atomic mass is 9.48. The Labute approximate surface area is 251 Å². The highest BCUT2D eigenvalue weighted by atomic mass is 16.5. The lowest BCUT2D eigenvalue weighted by molar-refractivity contribution is -0.122. The minimum absolute atomic E-state index is 0.125. The second-order valence-corrected chi connectivity index (χ2v) is 12.9. The van der Waals surface area contributed by atoms with Gasteiger partial charge in [-0.25, -0.2) is 9.69 Å². The van der Waals surface area contributed by atoms with E-state index in [2.05, 4.69) is 17.4 Å². The Bertz CT molecular complexity index is 1590. The zero-order valence-electron chi connectivity index (χ0n) is 24.6. The van der Waals surface area contributed by atoms with Gasteiger partial charge in [0.15, 0.2) is 11.5 Å².